The van der Waals surface area contributed by atoms with E-state index in [0.29, 0.717) is 53.8 Å². The van der Waals surface area contributed by atoms with Gasteiger partial charge in [-0.05, 0) is 31.7 Å². The van der Waals surface area contributed by atoms with Gasteiger partial charge in [-0.1, -0.05) is 5.57 Å². The number of aliphatic hydroxyl groups is 1. The van der Waals surface area contributed by atoms with Crippen LogP contribution in [-0.2, 0) is 9.47 Å². The third-order valence-corrected chi connectivity index (χ3v) is 6.00. The van der Waals surface area contributed by atoms with Gasteiger partial charge in [0.15, 0.2) is 11.0 Å². The Labute approximate surface area is 156 Å². The van der Waals surface area contributed by atoms with E-state index in [1.807, 2.05) is 11.8 Å². The maximum absolute atomic E-state index is 11.6. The van der Waals surface area contributed by atoms with Gasteiger partial charge in [-0.15, -0.1) is 0 Å². The molecule has 2 atom stereocenters. The van der Waals surface area contributed by atoms with Crippen molar-refractivity contribution < 1.29 is 20.9 Å². The number of likely N-dealkylation sites (tertiary alicyclic amines) is 1. The molecule has 2 saturated heterocycles. The Kier molecular flexibility index (Phi) is 4.02. The Bertz CT molecular complexity index is 813. The van der Waals surface area contributed by atoms with Crippen molar-refractivity contribution in [3.63, 3.8) is 0 Å². The van der Waals surface area contributed by atoms with Crippen LogP contribution in [0.1, 0.15) is 34.5 Å². The molecule has 3 heterocycles. The fraction of sp³-hybridized carbons (Fsp3) is 0.588. The number of aliphatic imine (C=N–C) groups is 1. The lowest BCUT2D eigenvalue weighted by Gasteiger charge is -2.39. The lowest BCUT2D eigenvalue weighted by atomic mass is 10.0. The number of fused-ring (bicyclic) bond motifs is 1. The standard InChI is InChI=1S/C17H21N3O5S/c1-10-7-12-14(13(8-10)20(22)23)26-16(18-15(12)21)19-5-3-17(4-6-19)24-9-11(2)25-17/h7,11,21H,3-6,8-9H2,1-2H3/i8D. The summed E-state index contributed by atoms with van der Waals surface area (Å²) < 4.78 is 19.9. The van der Waals surface area contributed by atoms with Gasteiger partial charge in [0, 0.05) is 27.3 Å². The van der Waals surface area contributed by atoms with Gasteiger partial charge in [0.2, 0.25) is 5.88 Å². The number of rotatable bonds is 1. The highest BCUT2D eigenvalue weighted by Crippen LogP contribution is 2.43. The van der Waals surface area contributed by atoms with Gasteiger partial charge in [0.05, 0.1) is 29.6 Å². The molecule has 4 aliphatic rings. The van der Waals surface area contributed by atoms with Crippen molar-refractivity contribution in [2.24, 2.45) is 4.99 Å². The minimum atomic E-state index is -1.05. The Morgan fingerprint density at radius 3 is 2.88 bits per heavy atom. The van der Waals surface area contributed by atoms with E-state index in [-0.39, 0.29) is 17.7 Å². The molecule has 3 aliphatic heterocycles. The zero-order valence-electron chi connectivity index (χ0n) is 15.6. The summed E-state index contributed by atoms with van der Waals surface area (Å²) in [4.78, 5) is 17.6. The van der Waals surface area contributed by atoms with E-state index in [1.54, 1.807) is 13.0 Å². The summed E-state index contributed by atoms with van der Waals surface area (Å²) in [6, 6.07) is 0. The minimum Gasteiger partial charge on any atom is -0.493 e. The van der Waals surface area contributed by atoms with Crippen molar-refractivity contribution >= 4 is 16.9 Å². The lowest BCUT2D eigenvalue weighted by molar-refractivity contribution is -0.427. The number of piperidine rings is 1. The molecule has 0 saturated carbocycles. The fourth-order valence-corrected chi connectivity index (χ4v) is 4.69. The number of nitro groups is 1. The number of hydrogen-bond donors (Lipinski definition) is 1. The van der Waals surface area contributed by atoms with Gasteiger partial charge in [-0.25, -0.2) is 0 Å². The Morgan fingerprint density at radius 1 is 1.54 bits per heavy atom. The van der Waals surface area contributed by atoms with Gasteiger partial charge < -0.3 is 19.5 Å². The van der Waals surface area contributed by atoms with Crippen LogP contribution in [-0.4, -0.2) is 51.7 Å². The van der Waals surface area contributed by atoms with Crippen LogP contribution in [0, 0.1) is 10.1 Å². The van der Waals surface area contributed by atoms with E-state index in [0.717, 1.165) is 11.8 Å². The zero-order valence-corrected chi connectivity index (χ0v) is 15.4. The van der Waals surface area contributed by atoms with Crippen LogP contribution >= 0.6 is 11.8 Å². The van der Waals surface area contributed by atoms with Crippen LogP contribution in [0.5, 0.6) is 0 Å². The maximum atomic E-state index is 11.6. The molecule has 8 nitrogen and oxygen atoms in total. The molecule has 140 valence electrons. The average molecular weight is 380 g/mol. The van der Waals surface area contributed by atoms with Crippen LogP contribution in [0.3, 0.4) is 0 Å². The highest BCUT2D eigenvalue weighted by molar-refractivity contribution is 8.17. The van der Waals surface area contributed by atoms with Crippen molar-refractivity contribution in [2.45, 2.75) is 45.0 Å². The van der Waals surface area contributed by atoms with Crippen LogP contribution in [0.2, 0.25) is 0 Å². The second kappa shape index (κ2) is 6.40. The van der Waals surface area contributed by atoms with Crippen LogP contribution < -0.4 is 0 Å². The third kappa shape index (κ3) is 3.04. The molecule has 0 radical (unpaired) electrons. The van der Waals surface area contributed by atoms with Crippen molar-refractivity contribution in [2.75, 3.05) is 19.7 Å². The van der Waals surface area contributed by atoms with Crippen molar-refractivity contribution in [3.05, 3.63) is 43.8 Å². The molecule has 26 heavy (non-hydrogen) atoms. The number of thioether (sulfide) groups is 1. The molecule has 2 unspecified atom stereocenters. The summed E-state index contributed by atoms with van der Waals surface area (Å²) in [5.41, 5.74) is 0.621. The molecule has 0 bridgehead atoms. The lowest BCUT2D eigenvalue weighted by Crippen LogP contribution is -2.47. The molecule has 9 heteroatoms. The highest BCUT2D eigenvalue weighted by Gasteiger charge is 2.44. The highest BCUT2D eigenvalue weighted by atomic mass is 32.2. The number of hydrogen-bond acceptors (Lipinski definition) is 8. The van der Waals surface area contributed by atoms with Gasteiger partial charge >= 0.3 is 0 Å². The van der Waals surface area contributed by atoms with Crippen molar-refractivity contribution in [1.29, 1.82) is 0 Å². The molecule has 1 aliphatic carbocycles. The first-order chi connectivity index (χ1) is 12.8. The van der Waals surface area contributed by atoms with Crippen molar-refractivity contribution in [3.8, 4) is 0 Å². The van der Waals surface area contributed by atoms with Crippen molar-refractivity contribution in [1.82, 2.24) is 4.90 Å². The largest absolute Gasteiger partial charge is 0.493 e. The van der Waals surface area contributed by atoms with Crippen LogP contribution in [0.25, 0.3) is 0 Å². The topological polar surface area (TPSA) is 97.4 Å². The summed E-state index contributed by atoms with van der Waals surface area (Å²) >= 11 is 1.15. The zero-order chi connectivity index (χ0) is 19.3. The number of nitrogens with zero attached hydrogens (tertiary/aromatic N) is 3. The number of ether oxygens (including phenoxy) is 2. The predicted octanol–water partition coefficient (Wildman–Crippen LogP) is 2.92. The SMILES string of the molecule is [2H]C1C(C)=CC2=C(O)N=C(N3CCC4(CC3)OCC(C)O4)SC2=C1[N+](=O)[O-]. The minimum absolute atomic E-state index is 0.0755. The molecular formula is C17H21N3O5S. The fourth-order valence-electron chi connectivity index (χ4n) is 3.57. The third-order valence-electron chi connectivity index (χ3n) is 4.84. The van der Waals surface area contributed by atoms with Crippen LogP contribution in [0.15, 0.2) is 38.7 Å². The van der Waals surface area contributed by atoms with E-state index >= 15 is 0 Å². The number of aliphatic hydroxyl groups excluding tert-OH is 1. The summed E-state index contributed by atoms with van der Waals surface area (Å²) in [7, 11) is 0. The molecule has 0 aromatic carbocycles. The molecular weight excluding hydrogens is 358 g/mol. The first kappa shape index (κ1) is 16.3. The second-order valence-electron chi connectivity index (χ2n) is 6.88. The normalized spacial score (nSPS) is 31.6. The number of amidine groups is 1. The quantitative estimate of drug-likeness (QED) is 0.552. The van der Waals surface area contributed by atoms with Gasteiger partial charge in [-0.2, -0.15) is 4.99 Å². The van der Waals surface area contributed by atoms with E-state index in [4.69, 9.17) is 10.8 Å². The summed E-state index contributed by atoms with van der Waals surface area (Å²) in [6.45, 7) is 5.43. The van der Waals surface area contributed by atoms with Gasteiger partial charge in [0.1, 0.15) is 4.91 Å². The summed E-state index contributed by atoms with van der Waals surface area (Å²) in [5, 5.41) is 22.4. The molecule has 0 amide bonds. The smallest absolute Gasteiger partial charge is 0.264 e. The molecule has 4 rings (SSSR count). The molecule has 0 aromatic heterocycles. The van der Waals surface area contributed by atoms with Gasteiger partial charge in [0.25, 0.3) is 5.70 Å². The molecule has 1 spiro atoms. The summed E-state index contributed by atoms with van der Waals surface area (Å²) in [6.07, 6.45) is 1.96. The van der Waals surface area contributed by atoms with E-state index < -0.39 is 17.1 Å². The molecule has 0 aromatic rings. The first-order valence-corrected chi connectivity index (χ1v) is 9.37. The van der Waals surface area contributed by atoms with E-state index in [9.17, 15) is 15.2 Å². The second-order valence-corrected chi connectivity index (χ2v) is 7.85. The first-order valence-electron chi connectivity index (χ1n) is 9.13. The van der Waals surface area contributed by atoms with E-state index in [2.05, 4.69) is 4.99 Å². The predicted molar refractivity (Wildman–Crippen MR) is 97.1 cm³/mol. The maximum Gasteiger partial charge on any atom is 0.264 e. The average Bonchev–Trinajstić information content (AvgIpc) is 2.97. The Balaban J connectivity index is 1.60. The monoisotopic (exact) mass is 380 g/mol. The molecule has 1 N–H and O–H groups in total. The van der Waals surface area contributed by atoms with Gasteiger partial charge in [-0.3, -0.25) is 10.1 Å². The molecule has 2 fully saturated rings. The Hall–Kier alpha value is -1.84. The summed E-state index contributed by atoms with van der Waals surface area (Å²) in [5.74, 6) is -0.798. The van der Waals surface area contributed by atoms with Crippen LogP contribution in [0.4, 0.5) is 0 Å². The Morgan fingerprint density at radius 2 is 2.27 bits per heavy atom. The number of allylic oxidation sites excluding steroid dienone is 3. The van der Waals surface area contributed by atoms with E-state index in [1.165, 1.54) is 0 Å².